The SMILES string of the molecule is CNCCn1cc(OCC2CCOCC2)cn1. The van der Waals surface area contributed by atoms with Crippen LogP contribution in [-0.4, -0.2) is 43.2 Å². The molecule has 1 aromatic rings. The summed E-state index contributed by atoms with van der Waals surface area (Å²) in [5.74, 6) is 1.50. The Hall–Kier alpha value is -1.07. The first-order chi connectivity index (χ1) is 8.38. The fourth-order valence-corrected chi connectivity index (χ4v) is 1.89. The summed E-state index contributed by atoms with van der Waals surface area (Å²) in [4.78, 5) is 0. The van der Waals surface area contributed by atoms with Crippen molar-refractivity contribution in [2.75, 3.05) is 33.4 Å². The molecule has 17 heavy (non-hydrogen) atoms. The highest BCUT2D eigenvalue weighted by atomic mass is 16.5. The third kappa shape index (κ3) is 4.02. The molecular weight excluding hydrogens is 218 g/mol. The Balaban J connectivity index is 1.72. The molecule has 0 amide bonds. The van der Waals surface area contributed by atoms with Crippen molar-refractivity contribution in [2.24, 2.45) is 5.92 Å². The molecule has 1 aliphatic heterocycles. The third-order valence-electron chi connectivity index (χ3n) is 3.03. The minimum atomic E-state index is 0.629. The van der Waals surface area contributed by atoms with Gasteiger partial charge in [0.1, 0.15) is 0 Å². The molecule has 0 bridgehead atoms. The van der Waals surface area contributed by atoms with Crippen molar-refractivity contribution in [1.29, 1.82) is 0 Å². The van der Waals surface area contributed by atoms with Crippen LogP contribution in [0.3, 0.4) is 0 Å². The second-order valence-electron chi connectivity index (χ2n) is 4.41. The van der Waals surface area contributed by atoms with E-state index in [1.807, 2.05) is 17.9 Å². The lowest BCUT2D eigenvalue weighted by atomic mass is 10.0. The van der Waals surface area contributed by atoms with Crippen LogP contribution in [0.4, 0.5) is 0 Å². The Bertz CT molecular complexity index is 321. The Morgan fingerprint density at radius 3 is 3.12 bits per heavy atom. The van der Waals surface area contributed by atoms with Gasteiger partial charge in [-0.3, -0.25) is 4.68 Å². The summed E-state index contributed by atoms with van der Waals surface area (Å²) in [7, 11) is 1.94. The van der Waals surface area contributed by atoms with Crippen LogP contribution in [0.15, 0.2) is 12.4 Å². The van der Waals surface area contributed by atoms with Crippen LogP contribution in [0.25, 0.3) is 0 Å². The van der Waals surface area contributed by atoms with E-state index in [0.29, 0.717) is 5.92 Å². The Kier molecular flexibility index (Phi) is 4.82. The molecule has 1 aromatic heterocycles. The molecule has 96 valence electrons. The van der Waals surface area contributed by atoms with Gasteiger partial charge in [0, 0.05) is 19.8 Å². The maximum atomic E-state index is 5.75. The van der Waals surface area contributed by atoms with E-state index in [2.05, 4.69) is 10.4 Å². The Morgan fingerprint density at radius 2 is 2.35 bits per heavy atom. The summed E-state index contributed by atoms with van der Waals surface area (Å²) in [6.07, 6.45) is 5.95. The van der Waals surface area contributed by atoms with Gasteiger partial charge >= 0.3 is 0 Å². The maximum Gasteiger partial charge on any atom is 0.157 e. The lowest BCUT2D eigenvalue weighted by Crippen LogP contribution is -2.21. The minimum absolute atomic E-state index is 0.629. The van der Waals surface area contributed by atoms with Crippen molar-refractivity contribution >= 4 is 0 Å². The van der Waals surface area contributed by atoms with E-state index >= 15 is 0 Å². The van der Waals surface area contributed by atoms with Crippen LogP contribution in [0.5, 0.6) is 5.75 Å². The van der Waals surface area contributed by atoms with E-state index in [0.717, 1.165) is 51.5 Å². The van der Waals surface area contributed by atoms with E-state index in [9.17, 15) is 0 Å². The highest BCUT2D eigenvalue weighted by Gasteiger charge is 2.14. The van der Waals surface area contributed by atoms with E-state index in [1.165, 1.54) is 0 Å². The molecule has 1 fully saturated rings. The zero-order chi connectivity index (χ0) is 11.9. The van der Waals surface area contributed by atoms with Crippen molar-refractivity contribution in [3.8, 4) is 5.75 Å². The van der Waals surface area contributed by atoms with Gasteiger partial charge in [-0.15, -0.1) is 0 Å². The van der Waals surface area contributed by atoms with Gasteiger partial charge in [-0.2, -0.15) is 5.10 Å². The van der Waals surface area contributed by atoms with E-state index in [-0.39, 0.29) is 0 Å². The van der Waals surface area contributed by atoms with Gasteiger partial charge in [0.2, 0.25) is 0 Å². The van der Waals surface area contributed by atoms with Crippen molar-refractivity contribution in [3.05, 3.63) is 12.4 Å². The van der Waals surface area contributed by atoms with Gasteiger partial charge < -0.3 is 14.8 Å². The van der Waals surface area contributed by atoms with Crippen LogP contribution in [0, 0.1) is 5.92 Å². The zero-order valence-electron chi connectivity index (χ0n) is 10.4. The molecule has 0 aliphatic carbocycles. The smallest absolute Gasteiger partial charge is 0.157 e. The average Bonchev–Trinajstić information content (AvgIpc) is 2.83. The van der Waals surface area contributed by atoms with Crippen LogP contribution >= 0.6 is 0 Å². The molecule has 2 rings (SSSR count). The number of nitrogens with zero attached hydrogens (tertiary/aromatic N) is 2. The number of nitrogens with one attached hydrogen (secondary N) is 1. The number of rotatable bonds is 6. The monoisotopic (exact) mass is 239 g/mol. The van der Waals surface area contributed by atoms with E-state index in [4.69, 9.17) is 9.47 Å². The van der Waals surface area contributed by atoms with Gasteiger partial charge in [-0.25, -0.2) is 0 Å². The van der Waals surface area contributed by atoms with Crippen molar-refractivity contribution in [3.63, 3.8) is 0 Å². The Morgan fingerprint density at radius 1 is 1.53 bits per heavy atom. The number of likely N-dealkylation sites (N-methyl/N-ethyl adjacent to an activating group) is 1. The van der Waals surface area contributed by atoms with Crippen molar-refractivity contribution in [2.45, 2.75) is 19.4 Å². The standard InChI is InChI=1S/C12H21N3O2/c1-13-4-5-15-9-12(8-14-15)17-10-11-2-6-16-7-3-11/h8-9,11,13H,2-7,10H2,1H3. The predicted octanol–water partition coefficient (Wildman–Crippen LogP) is 0.908. The molecule has 0 radical (unpaired) electrons. The largest absolute Gasteiger partial charge is 0.490 e. The third-order valence-corrected chi connectivity index (χ3v) is 3.03. The molecule has 0 atom stereocenters. The second-order valence-corrected chi connectivity index (χ2v) is 4.41. The lowest BCUT2D eigenvalue weighted by molar-refractivity contribution is 0.0497. The van der Waals surface area contributed by atoms with Gasteiger partial charge in [-0.1, -0.05) is 0 Å². The predicted molar refractivity (Wildman–Crippen MR) is 65.2 cm³/mol. The molecule has 1 N–H and O–H groups in total. The molecule has 0 unspecified atom stereocenters. The number of ether oxygens (including phenoxy) is 2. The first-order valence-corrected chi connectivity index (χ1v) is 6.26. The quantitative estimate of drug-likeness (QED) is 0.801. The molecule has 0 saturated carbocycles. The van der Waals surface area contributed by atoms with Crippen LogP contribution in [0.2, 0.25) is 0 Å². The molecule has 1 aliphatic rings. The molecule has 5 nitrogen and oxygen atoms in total. The molecular formula is C12H21N3O2. The Labute approximate surface area is 102 Å². The summed E-state index contributed by atoms with van der Waals surface area (Å²) >= 11 is 0. The van der Waals surface area contributed by atoms with Crippen LogP contribution < -0.4 is 10.1 Å². The van der Waals surface area contributed by atoms with Gasteiger partial charge in [0.15, 0.2) is 5.75 Å². The van der Waals surface area contributed by atoms with E-state index in [1.54, 1.807) is 6.20 Å². The number of aromatic nitrogens is 2. The van der Waals surface area contributed by atoms with E-state index < -0.39 is 0 Å². The molecule has 0 aromatic carbocycles. The topological polar surface area (TPSA) is 48.3 Å². The molecule has 2 heterocycles. The van der Waals surface area contributed by atoms with Crippen LogP contribution in [0.1, 0.15) is 12.8 Å². The summed E-state index contributed by atoms with van der Waals surface area (Å²) in [5, 5.41) is 7.34. The van der Waals surface area contributed by atoms with Crippen molar-refractivity contribution in [1.82, 2.24) is 15.1 Å². The fraction of sp³-hybridized carbons (Fsp3) is 0.750. The van der Waals surface area contributed by atoms with Crippen LogP contribution in [-0.2, 0) is 11.3 Å². The molecule has 1 saturated heterocycles. The summed E-state index contributed by atoms with van der Waals surface area (Å²) < 4.78 is 13.0. The highest BCUT2D eigenvalue weighted by molar-refractivity contribution is 5.11. The van der Waals surface area contributed by atoms with Gasteiger partial charge in [0.05, 0.1) is 25.5 Å². The average molecular weight is 239 g/mol. The number of hydrogen-bond donors (Lipinski definition) is 1. The molecule has 0 spiro atoms. The fourth-order valence-electron chi connectivity index (χ4n) is 1.89. The first-order valence-electron chi connectivity index (χ1n) is 6.26. The summed E-state index contributed by atoms with van der Waals surface area (Å²) in [6.45, 7) is 4.31. The number of hydrogen-bond acceptors (Lipinski definition) is 4. The summed E-state index contributed by atoms with van der Waals surface area (Å²) in [5.41, 5.74) is 0. The second kappa shape index (κ2) is 6.61. The normalized spacial score (nSPS) is 17.2. The van der Waals surface area contributed by atoms with Crippen molar-refractivity contribution < 1.29 is 9.47 Å². The minimum Gasteiger partial charge on any atom is -0.490 e. The maximum absolute atomic E-state index is 5.75. The highest BCUT2D eigenvalue weighted by Crippen LogP contribution is 2.17. The molecule has 5 heteroatoms. The van der Waals surface area contributed by atoms with Gasteiger partial charge in [0.25, 0.3) is 0 Å². The lowest BCUT2D eigenvalue weighted by Gasteiger charge is -2.21. The summed E-state index contributed by atoms with van der Waals surface area (Å²) in [6, 6.07) is 0. The zero-order valence-corrected chi connectivity index (χ0v) is 10.4. The first kappa shape index (κ1) is 12.4. The van der Waals surface area contributed by atoms with Gasteiger partial charge in [-0.05, 0) is 25.8 Å².